The zero-order valence-electron chi connectivity index (χ0n) is 10.1. The average Bonchev–Trinajstić information content (AvgIpc) is 2.84. The highest BCUT2D eigenvalue weighted by Gasteiger charge is 2.07. The fourth-order valence-corrected chi connectivity index (χ4v) is 1.92. The second-order valence-electron chi connectivity index (χ2n) is 4.14. The molecule has 5 heteroatoms. The molecule has 0 aliphatic heterocycles. The van der Waals surface area contributed by atoms with Crippen LogP contribution in [0, 0.1) is 12.3 Å². The van der Waals surface area contributed by atoms with E-state index in [4.69, 9.17) is 12.2 Å². The van der Waals surface area contributed by atoms with Gasteiger partial charge < -0.3 is 10.3 Å². The van der Waals surface area contributed by atoms with Gasteiger partial charge in [-0.1, -0.05) is 18.1 Å². The Morgan fingerprint density at radius 1 is 1.16 bits per heavy atom. The number of terminal acetylenes is 1. The fraction of sp³-hybridized carbons (Fsp3) is 0.0714. The van der Waals surface area contributed by atoms with Crippen molar-refractivity contribution in [3.63, 3.8) is 0 Å². The predicted molar refractivity (Wildman–Crippen MR) is 73.2 cm³/mol. The molecule has 0 unspecified atom stereocenters. The molecule has 92 valence electrons. The SMILES string of the molecule is C#Cc1ccc(Cn2cnc3c(N)ncnc32)cc1. The molecule has 0 saturated heterocycles. The Hall–Kier alpha value is -2.87. The number of anilines is 1. The molecule has 0 fully saturated rings. The van der Waals surface area contributed by atoms with E-state index in [1.54, 1.807) is 6.33 Å². The van der Waals surface area contributed by atoms with Crippen molar-refractivity contribution >= 4 is 17.0 Å². The van der Waals surface area contributed by atoms with E-state index in [-0.39, 0.29) is 0 Å². The molecule has 19 heavy (non-hydrogen) atoms. The molecular formula is C14H11N5. The normalized spacial score (nSPS) is 10.5. The van der Waals surface area contributed by atoms with E-state index >= 15 is 0 Å². The van der Waals surface area contributed by atoms with Gasteiger partial charge in [-0.05, 0) is 17.7 Å². The van der Waals surface area contributed by atoms with Gasteiger partial charge in [-0.2, -0.15) is 0 Å². The van der Waals surface area contributed by atoms with Crippen molar-refractivity contribution in [3.8, 4) is 12.3 Å². The van der Waals surface area contributed by atoms with Crippen LogP contribution < -0.4 is 5.73 Å². The van der Waals surface area contributed by atoms with Gasteiger partial charge >= 0.3 is 0 Å². The lowest BCUT2D eigenvalue weighted by molar-refractivity contribution is 0.813. The van der Waals surface area contributed by atoms with E-state index in [1.807, 2.05) is 28.8 Å². The molecule has 0 spiro atoms. The van der Waals surface area contributed by atoms with Crippen LogP contribution in [0.25, 0.3) is 11.2 Å². The zero-order valence-corrected chi connectivity index (χ0v) is 10.1. The summed E-state index contributed by atoms with van der Waals surface area (Å²) in [6.07, 6.45) is 8.49. The second-order valence-corrected chi connectivity index (χ2v) is 4.14. The number of fused-ring (bicyclic) bond motifs is 1. The number of aromatic nitrogens is 4. The maximum Gasteiger partial charge on any atom is 0.165 e. The minimum Gasteiger partial charge on any atom is -0.382 e. The van der Waals surface area contributed by atoms with E-state index in [0.717, 1.165) is 16.8 Å². The monoisotopic (exact) mass is 249 g/mol. The summed E-state index contributed by atoms with van der Waals surface area (Å²) in [6, 6.07) is 7.81. The highest BCUT2D eigenvalue weighted by molar-refractivity contribution is 5.81. The number of nitrogens with two attached hydrogens (primary N) is 1. The van der Waals surface area contributed by atoms with Gasteiger partial charge in [-0.3, -0.25) is 0 Å². The summed E-state index contributed by atoms with van der Waals surface area (Å²) in [5.74, 6) is 2.99. The van der Waals surface area contributed by atoms with Crippen LogP contribution in [0.1, 0.15) is 11.1 Å². The number of nitrogen functional groups attached to an aromatic ring is 1. The number of benzene rings is 1. The number of nitrogens with zero attached hydrogens (tertiary/aromatic N) is 4. The third kappa shape index (κ3) is 2.00. The van der Waals surface area contributed by atoms with E-state index in [1.165, 1.54) is 6.33 Å². The van der Waals surface area contributed by atoms with E-state index < -0.39 is 0 Å². The van der Waals surface area contributed by atoms with Gasteiger partial charge in [0, 0.05) is 5.56 Å². The molecule has 0 atom stereocenters. The molecule has 0 aliphatic rings. The number of hydrogen-bond acceptors (Lipinski definition) is 4. The Morgan fingerprint density at radius 2 is 1.95 bits per heavy atom. The average molecular weight is 249 g/mol. The zero-order chi connectivity index (χ0) is 13.2. The van der Waals surface area contributed by atoms with Crippen LogP contribution in [-0.2, 0) is 6.54 Å². The van der Waals surface area contributed by atoms with Gasteiger partial charge in [-0.15, -0.1) is 6.42 Å². The van der Waals surface area contributed by atoms with Gasteiger partial charge in [0.2, 0.25) is 0 Å². The largest absolute Gasteiger partial charge is 0.382 e. The molecule has 0 bridgehead atoms. The molecule has 5 nitrogen and oxygen atoms in total. The Kier molecular flexibility index (Phi) is 2.62. The van der Waals surface area contributed by atoms with E-state index in [9.17, 15) is 0 Å². The van der Waals surface area contributed by atoms with Crippen LogP contribution in [0.3, 0.4) is 0 Å². The number of rotatable bonds is 2. The summed E-state index contributed by atoms with van der Waals surface area (Å²) in [5.41, 5.74) is 9.10. The lowest BCUT2D eigenvalue weighted by Crippen LogP contribution is -2.00. The third-order valence-corrected chi connectivity index (χ3v) is 2.90. The number of imidazole rings is 1. The molecule has 2 heterocycles. The highest BCUT2D eigenvalue weighted by atomic mass is 15.1. The first kappa shape index (κ1) is 11.2. The Morgan fingerprint density at radius 3 is 2.68 bits per heavy atom. The quantitative estimate of drug-likeness (QED) is 0.698. The van der Waals surface area contributed by atoms with Crippen LogP contribution in [0.2, 0.25) is 0 Å². The van der Waals surface area contributed by atoms with Gasteiger partial charge in [0.1, 0.15) is 11.8 Å². The molecule has 3 rings (SSSR count). The first-order valence-corrected chi connectivity index (χ1v) is 5.75. The standard InChI is InChI=1S/C14H11N5/c1-2-10-3-5-11(6-4-10)7-19-9-18-12-13(15)16-8-17-14(12)19/h1,3-6,8-9H,7H2,(H2,15,16,17). The summed E-state index contributed by atoms with van der Waals surface area (Å²) >= 11 is 0. The van der Waals surface area contributed by atoms with Crippen molar-refractivity contribution in [2.75, 3.05) is 5.73 Å². The fourth-order valence-electron chi connectivity index (χ4n) is 1.92. The van der Waals surface area contributed by atoms with Crippen molar-refractivity contribution in [1.29, 1.82) is 0 Å². The van der Waals surface area contributed by atoms with Crippen molar-refractivity contribution in [2.24, 2.45) is 0 Å². The predicted octanol–water partition coefficient (Wildman–Crippen LogP) is 1.44. The van der Waals surface area contributed by atoms with Crippen LogP contribution >= 0.6 is 0 Å². The van der Waals surface area contributed by atoms with Crippen LogP contribution in [0.4, 0.5) is 5.82 Å². The van der Waals surface area contributed by atoms with Crippen molar-refractivity contribution in [3.05, 3.63) is 48.0 Å². The maximum atomic E-state index is 5.75. The van der Waals surface area contributed by atoms with Crippen molar-refractivity contribution in [2.45, 2.75) is 6.54 Å². The minimum atomic E-state index is 0.395. The summed E-state index contributed by atoms with van der Waals surface area (Å²) < 4.78 is 1.93. The van der Waals surface area contributed by atoms with Gasteiger partial charge in [-0.25, -0.2) is 15.0 Å². The minimum absolute atomic E-state index is 0.395. The van der Waals surface area contributed by atoms with E-state index in [0.29, 0.717) is 17.9 Å². The van der Waals surface area contributed by atoms with Gasteiger partial charge in [0.15, 0.2) is 11.5 Å². The lowest BCUT2D eigenvalue weighted by Gasteiger charge is -2.04. The van der Waals surface area contributed by atoms with Crippen LogP contribution in [0.5, 0.6) is 0 Å². The molecule has 0 aliphatic carbocycles. The van der Waals surface area contributed by atoms with Gasteiger partial charge in [0.25, 0.3) is 0 Å². The Labute approximate surface area is 110 Å². The summed E-state index contributed by atoms with van der Waals surface area (Å²) in [4.78, 5) is 12.4. The van der Waals surface area contributed by atoms with Crippen molar-refractivity contribution < 1.29 is 0 Å². The molecule has 0 radical (unpaired) electrons. The molecule has 1 aromatic carbocycles. The molecule has 2 N–H and O–H groups in total. The first-order valence-electron chi connectivity index (χ1n) is 5.75. The summed E-state index contributed by atoms with van der Waals surface area (Å²) in [7, 11) is 0. The Balaban J connectivity index is 1.97. The smallest absolute Gasteiger partial charge is 0.165 e. The molecule has 2 aromatic heterocycles. The van der Waals surface area contributed by atoms with Gasteiger partial charge in [0.05, 0.1) is 12.9 Å². The van der Waals surface area contributed by atoms with E-state index in [2.05, 4.69) is 20.9 Å². The molecule has 0 amide bonds. The Bertz CT molecular complexity index is 765. The molecule has 3 aromatic rings. The maximum absolute atomic E-state index is 5.75. The summed E-state index contributed by atoms with van der Waals surface area (Å²) in [5, 5.41) is 0. The number of hydrogen-bond donors (Lipinski definition) is 1. The van der Waals surface area contributed by atoms with Crippen LogP contribution in [0.15, 0.2) is 36.9 Å². The van der Waals surface area contributed by atoms with Crippen LogP contribution in [-0.4, -0.2) is 19.5 Å². The highest BCUT2D eigenvalue weighted by Crippen LogP contribution is 2.15. The van der Waals surface area contributed by atoms with Crippen molar-refractivity contribution in [1.82, 2.24) is 19.5 Å². The summed E-state index contributed by atoms with van der Waals surface area (Å²) in [6.45, 7) is 0.664. The molecule has 0 saturated carbocycles. The topological polar surface area (TPSA) is 69.6 Å². The first-order chi connectivity index (χ1) is 9.28. The lowest BCUT2D eigenvalue weighted by atomic mass is 10.1. The molecular weight excluding hydrogens is 238 g/mol. The third-order valence-electron chi connectivity index (χ3n) is 2.90. The second kappa shape index (κ2) is 4.42.